The lowest BCUT2D eigenvalue weighted by molar-refractivity contribution is 0.0695. The number of hydrogen-bond acceptors (Lipinski definition) is 3. The molecule has 0 saturated carbocycles. The van der Waals surface area contributed by atoms with E-state index in [1.807, 2.05) is 37.3 Å². The van der Waals surface area contributed by atoms with Crippen LogP contribution in [0.2, 0.25) is 5.02 Å². The summed E-state index contributed by atoms with van der Waals surface area (Å²) in [5, 5.41) is 9.66. The standard InChI is InChI=1S/C27H24ClFO4/c1-15-3-4-18(13-22(15)27(31)32)17-5-10-26-19(12-17)6-9-25(33-26)16(2)11-24(30)21-8-7-20(28)14-23(21)29/h3-5,7-8,10,12-14,16,25H,6,9,11H2,1-2H3,(H,31,32). The third kappa shape index (κ3) is 4.93. The van der Waals surface area contributed by atoms with Crippen LogP contribution in [0.3, 0.4) is 0 Å². The zero-order valence-electron chi connectivity index (χ0n) is 18.4. The number of carboxylic acids is 1. The fraction of sp³-hybridized carbons (Fsp3) is 0.259. The zero-order chi connectivity index (χ0) is 23.7. The number of ketones is 1. The highest BCUT2D eigenvalue weighted by Gasteiger charge is 2.28. The molecule has 0 bridgehead atoms. The van der Waals surface area contributed by atoms with Gasteiger partial charge >= 0.3 is 5.97 Å². The van der Waals surface area contributed by atoms with E-state index in [1.165, 1.54) is 12.1 Å². The average Bonchev–Trinajstić information content (AvgIpc) is 2.78. The van der Waals surface area contributed by atoms with Crippen molar-refractivity contribution in [2.75, 3.05) is 0 Å². The second-order valence-electron chi connectivity index (χ2n) is 8.58. The van der Waals surface area contributed by atoms with Crippen molar-refractivity contribution < 1.29 is 23.8 Å². The number of carboxylic acid groups (broad SMARTS) is 1. The Kier molecular flexibility index (Phi) is 6.52. The van der Waals surface area contributed by atoms with Crippen molar-refractivity contribution in [1.82, 2.24) is 0 Å². The molecule has 0 spiro atoms. The average molecular weight is 467 g/mol. The fourth-order valence-corrected chi connectivity index (χ4v) is 4.43. The van der Waals surface area contributed by atoms with Gasteiger partial charge in [-0.2, -0.15) is 0 Å². The molecule has 3 aromatic carbocycles. The molecule has 2 unspecified atom stereocenters. The summed E-state index contributed by atoms with van der Waals surface area (Å²) in [7, 11) is 0. The van der Waals surface area contributed by atoms with E-state index < -0.39 is 11.8 Å². The molecule has 4 rings (SSSR count). The third-order valence-electron chi connectivity index (χ3n) is 6.21. The van der Waals surface area contributed by atoms with Crippen LogP contribution < -0.4 is 4.74 Å². The van der Waals surface area contributed by atoms with Crippen molar-refractivity contribution in [2.45, 2.75) is 39.2 Å². The van der Waals surface area contributed by atoms with Crippen LogP contribution in [0.25, 0.3) is 11.1 Å². The molecular formula is C27H24ClFO4. The highest BCUT2D eigenvalue weighted by molar-refractivity contribution is 6.30. The quantitative estimate of drug-likeness (QED) is 0.408. The monoisotopic (exact) mass is 466 g/mol. The van der Waals surface area contributed by atoms with Gasteiger partial charge in [-0.15, -0.1) is 0 Å². The second kappa shape index (κ2) is 9.36. The number of carbonyl (C=O) groups excluding carboxylic acids is 1. The minimum Gasteiger partial charge on any atom is -0.490 e. The maximum atomic E-state index is 14.1. The van der Waals surface area contributed by atoms with Crippen molar-refractivity contribution in [3.63, 3.8) is 0 Å². The number of aromatic carboxylic acids is 1. The highest BCUT2D eigenvalue weighted by Crippen LogP contribution is 2.35. The van der Waals surface area contributed by atoms with Gasteiger partial charge in [-0.3, -0.25) is 4.79 Å². The van der Waals surface area contributed by atoms with Gasteiger partial charge in [0.1, 0.15) is 17.7 Å². The van der Waals surface area contributed by atoms with E-state index in [0.717, 1.165) is 46.9 Å². The van der Waals surface area contributed by atoms with Crippen molar-refractivity contribution in [3.05, 3.63) is 87.7 Å². The van der Waals surface area contributed by atoms with Crippen LogP contribution >= 0.6 is 11.6 Å². The SMILES string of the molecule is Cc1ccc(-c2ccc3c(c2)CCC(C(C)CC(=O)c2ccc(Cl)cc2F)O3)cc1C(=O)O. The number of hydrogen-bond donors (Lipinski definition) is 1. The first-order chi connectivity index (χ1) is 15.7. The zero-order valence-corrected chi connectivity index (χ0v) is 19.2. The predicted octanol–water partition coefficient (Wildman–Crippen LogP) is 6.76. The summed E-state index contributed by atoms with van der Waals surface area (Å²) in [6.45, 7) is 3.72. The van der Waals surface area contributed by atoms with Crippen molar-refractivity contribution in [1.29, 1.82) is 0 Å². The van der Waals surface area contributed by atoms with Crippen LogP contribution in [-0.2, 0) is 6.42 Å². The number of benzene rings is 3. The van der Waals surface area contributed by atoms with Crippen molar-refractivity contribution >= 4 is 23.4 Å². The number of fused-ring (bicyclic) bond motifs is 1. The summed E-state index contributed by atoms with van der Waals surface area (Å²) in [5.74, 6) is -1.15. The van der Waals surface area contributed by atoms with E-state index in [2.05, 4.69) is 0 Å². The minimum absolute atomic E-state index is 0.0472. The molecule has 1 aliphatic heterocycles. The van der Waals surface area contributed by atoms with E-state index >= 15 is 0 Å². The van der Waals surface area contributed by atoms with Crippen LogP contribution in [0.1, 0.15) is 51.6 Å². The van der Waals surface area contributed by atoms with Gasteiger partial charge in [0.05, 0.1) is 11.1 Å². The van der Waals surface area contributed by atoms with Gasteiger partial charge in [-0.05, 0) is 78.4 Å². The molecule has 0 radical (unpaired) electrons. The predicted molar refractivity (Wildman–Crippen MR) is 126 cm³/mol. The Morgan fingerprint density at radius 2 is 1.82 bits per heavy atom. The summed E-state index contributed by atoms with van der Waals surface area (Å²) in [6.07, 6.45) is 1.54. The van der Waals surface area contributed by atoms with Crippen molar-refractivity contribution in [3.8, 4) is 16.9 Å². The normalized spacial score (nSPS) is 15.9. The Hall–Kier alpha value is -3.18. The van der Waals surface area contributed by atoms with Gasteiger partial charge in [0, 0.05) is 17.4 Å². The second-order valence-corrected chi connectivity index (χ2v) is 9.02. The number of ether oxygens (including phenoxy) is 1. The Bertz CT molecular complexity index is 1240. The smallest absolute Gasteiger partial charge is 0.335 e. The Labute approximate surface area is 197 Å². The molecule has 0 fully saturated rings. The summed E-state index contributed by atoms with van der Waals surface area (Å²) >= 11 is 5.78. The lowest BCUT2D eigenvalue weighted by Crippen LogP contribution is -2.31. The lowest BCUT2D eigenvalue weighted by Gasteiger charge is -2.30. The molecule has 1 aliphatic rings. The largest absolute Gasteiger partial charge is 0.490 e. The first-order valence-electron chi connectivity index (χ1n) is 10.8. The Morgan fingerprint density at radius 3 is 2.55 bits per heavy atom. The van der Waals surface area contributed by atoms with E-state index in [4.69, 9.17) is 16.3 Å². The van der Waals surface area contributed by atoms with Crippen LogP contribution in [0.5, 0.6) is 5.75 Å². The van der Waals surface area contributed by atoms with Crippen LogP contribution in [0, 0.1) is 18.7 Å². The first-order valence-corrected chi connectivity index (χ1v) is 11.2. The molecule has 170 valence electrons. The lowest BCUT2D eigenvalue weighted by atomic mass is 9.88. The maximum Gasteiger partial charge on any atom is 0.335 e. The number of halogens is 2. The Morgan fingerprint density at radius 1 is 1.09 bits per heavy atom. The molecular weight excluding hydrogens is 443 g/mol. The highest BCUT2D eigenvalue weighted by atomic mass is 35.5. The molecule has 1 heterocycles. The molecule has 0 aliphatic carbocycles. The minimum atomic E-state index is -0.944. The third-order valence-corrected chi connectivity index (χ3v) is 6.45. The van der Waals surface area contributed by atoms with Gasteiger partial charge < -0.3 is 9.84 Å². The topological polar surface area (TPSA) is 63.6 Å². The van der Waals surface area contributed by atoms with Crippen LogP contribution in [-0.4, -0.2) is 23.0 Å². The van der Waals surface area contributed by atoms with Gasteiger partial charge in [0.2, 0.25) is 0 Å². The molecule has 6 heteroatoms. The molecule has 0 amide bonds. The molecule has 33 heavy (non-hydrogen) atoms. The van der Waals surface area contributed by atoms with Crippen LogP contribution in [0.15, 0.2) is 54.6 Å². The summed E-state index contributed by atoms with van der Waals surface area (Å²) in [6, 6.07) is 15.3. The van der Waals surface area contributed by atoms with Crippen LogP contribution in [0.4, 0.5) is 4.39 Å². The molecule has 1 N–H and O–H groups in total. The van der Waals surface area contributed by atoms with E-state index in [1.54, 1.807) is 13.0 Å². The summed E-state index contributed by atoms with van der Waals surface area (Å²) in [5.41, 5.74) is 3.87. The molecule has 2 atom stereocenters. The van der Waals surface area contributed by atoms with Gasteiger partial charge in [-0.25, -0.2) is 9.18 Å². The number of Topliss-reactive ketones (excluding diaryl/α,β-unsaturated/α-hetero) is 1. The molecule has 0 saturated heterocycles. The maximum absolute atomic E-state index is 14.1. The van der Waals surface area contributed by atoms with Gasteiger partial charge in [0.25, 0.3) is 0 Å². The van der Waals surface area contributed by atoms with E-state index in [9.17, 15) is 19.1 Å². The van der Waals surface area contributed by atoms with E-state index in [-0.39, 0.29) is 40.4 Å². The molecule has 0 aromatic heterocycles. The Balaban J connectivity index is 1.47. The summed E-state index contributed by atoms with van der Waals surface area (Å²) < 4.78 is 20.3. The van der Waals surface area contributed by atoms with Crippen molar-refractivity contribution in [2.24, 2.45) is 5.92 Å². The molecule has 4 nitrogen and oxygen atoms in total. The van der Waals surface area contributed by atoms with Gasteiger partial charge in [-0.1, -0.05) is 36.7 Å². The first kappa shape index (κ1) is 23.0. The van der Waals surface area contributed by atoms with E-state index in [0.29, 0.717) is 0 Å². The molecule has 3 aromatic rings. The summed E-state index contributed by atoms with van der Waals surface area (Å²) in [4.78, 5) is 24.1. The van der Waals surface area contributed by atoms with Gasteiger partial charge in [0.15, 0.2) is 5.78 Å². The number of carbonyl (C=O) groups is 2. The number of aryl methyl sites for hydroxylation is 2. The number of rotatable bonds is 6. The fourth-order valence-electron chi connectivity index (χ4n) is 4.27.